The summed E-state index contributed by atoms with van der Waals surface area (Å²) >= 11 is 0. The van der Waals surface area contributed by atoms with Gasteiger partial charge in [-0.25, -0.2) is 0 Å². The van der Waals surface area contributed by atoms with Crippen LogP contribution >= 0.6 is 0 Å². The fraction of sp³-hybridized carbons (Fsp3) is 0.222. The predicted molar refractivity (Wildman–Crippen MR) is 93.4 cm³/mol. The number of non-ortho nitro benzene ring substituents is 1. The Hall–Kier alpha value is -2.66. The minimum absolute atomic E-state index is 0.0926. The van der Waals surface area contributed by atoms with Crippen molar-refractivity contribution in [3.8, 4) is 0 Å². The molecule has 0 aliphatic heterocycles. The normalized spacial score (nSPS) is 10.9. The monoisotopic (exact) mass is 312 g/mol. The zero-order valence-corrected chi connectivity index (χ0v) is 13.1. The van der Waals surface area contributed by atoms with E-state index in [2.05, 4.69) is 11.8 Å². The van der Waals surface area contributed by atoms with Gasteiger partial charge in [0.25, 0.3) is 5.69 Å². The Balaban J connectivity index is 2.06. The number of hydrogen-bond donors (Lipinski definition) is 1. The number of aliphatic hydroxyl groups is 1. The second-order valence-electron chi connectivity index (χ2n) is 5.08. The number of benzene rings is 2. The zero-order valence-electron chi connectivity index (χ0n) is 13.1. The van der Waals surface area contributed by atoms with Crippen LogP contribution in [0.2, 0.25) is 0 Å². The smallest absolute Gasteiger partial charge is 0.269 e. The largest absolute Gasteiger partial charge is 0.395 e. The molecule has 0 spiro atoms. The van der Waals surface area contributed by atoms with Crippen LogP contribution in [0, 0.1) is 10.1 Å². The van der Waals surface area contributed by atoms with Gasteiger partial charge in [-0.15, -0.1) is 0 Å². The molecular weight excluding hydrogens is 292 g/mol. The topological polar surface area (TPSA) is 66.6 Å². The Morgan fingerprint density at radius 3 is 2.00 bits per heavy atom. The van der Waals surface area contributed by atoms with Crippen LogP contribution in [0.5, 0.6) is 0 Å². The fourth-order valence-corrected chi connectivity index (χ4v) is 2.29. The minimum Gasteiger partial charge on any atom is -0.395 e. The molecule has 23 heavy (non-hydrogen) atoms. The Bertz CT molecular complexity index is 664. The maximum atomic E-state index is 10.6. The molecule has 0 saturated heterocycles. The molecule has 0 saturated carbocycles. The second-order valence-corrected chi connectivity index (χ2v) is 5.08. The number of rotatable bonds is 7. The summed E-state index contributed by atoms with van der Waals surface area (Å²) in [5, 5.41) is 19.7. The van der Waals surface area contributed by atoms with Crippen molar-refractivity contribution in [2.75, 3.05) is 24.6 Å². The van der Waals surface area contributed by atoms with Gasteiger partial charge in [-0.3, -0.25) is 10.1 Å². The van der Waals surface area contributed by atoms with E-state index < -0.39 is 4.92 Å². The van der Waals surface area contributed by atoms with Crippen molar-refractivity contribution < 1.29 is 10.0 Å². The van der Waals surface area contributed by atoms with Gasteiger partial charge < -0.3 is 10.0 Å². The molecule has 2 aromatic carbocycles. The van der Waals surface area contributed by atoms with Crippen LogP contribution < -0.4 is 4.90 Å². The molecule has 2 rings (SSSR count). The van der Waals surface area contributed by atoms with Gasteiger partial charge in [0, 0.05) is 30.9 Å². The molecule has 0 fully saturated rings. The molecule has 0 atom stereocenters. The minimum atomic E-state index is -0.405. The zero-order chi connectivity index (χ0) is 16.7. The van der Waals surface area contributed by atoms with Gasteiger partial charge in [-0.1, -0.05) is 24.3 Å². The number of nitro groups is 1. The number of likely N-dealkylation sites (N-methyl/N-ethyl adjacent to an activating group) is 1. The molecule has 2 aromatic rings. The lowest BCUT2D eigenvalue weighted by atomic mass is 10.1. The SMILES string of the molecule is CCN(CCO)c1ccc(/C=C/c2ccc([N+](=O)[O-])cc2)cc1. The highest BCUT2D eigenvalue weighted by molar-refractivity contribution is 5.71. The standard InChI is InChI=1S/C18H20N2O3/c1-2-19(13-14-21)17-9-5-15(6-10-17)3-4-16-7-11-18(12-8-16)20(22)23/h3-12,21H,2,13-14H2,1H3/b4-3+. The molecule has 5 nitrogen and oxygen atoms in total. The maximum absolute atomic E-state index is 10.6. The molecule has 0 heterocycles. The van der Waals surface area contributed by atoms with E-state index in [0.29, 0.717) is 6.54 Å². The molecule has 5 heteroatoms. The number of nitrogens with zero attached hydrogens (tertiary/aromatic N) is 2. The van der Waals surface area contributed by atoms with Gasteiger partial charge in [-0.05, 0) is 42.3 Å². The fourth-order valence-electron chi connectivity index (χ4n) is 2.29. The van der Waals surface area contributed by atoms with Crippen LogP contribution in [0.15, 0.2) is 48.5 Å². The molecule has 1 N–H and O–H groups in total. The Morgan fingerprint density at radius 1 is 1.04 bits per heavy atom. The van der Waals surface area contributed by atoms with E-state index in [-0.39, 0.29) is 12.3 Å². The lowest BCUT2D eigenvalue weighted by Gasteiger charge is -2.21. The third-order valence-electron chi connectivity index (χ3n) is 3.58. The van der Waals surface area contributed by atoms with E-state index in [9.17, 15) is 10.1 Å². The summed E-state index contributed by atoms with van der Waals surface area (Å²) in [6.45, 7) is 3.65. The molecule has 0 aliphatic carbocycles. The average Bonchev–Trinajstić information content (AvgIpc) is 2.59. The number of nitro benzene ring substituents is 1. The van der Waals surface area contributed by atoms with Crippen molar-refractivity contribution in [2.45, 2.75) is 6.92 Å². The average molecular weight is 312 g/mol. The lowest BCUT2D eigenvalue weighted by molar-refractivity contribution is -0.384. The first-order chi connectivity index (χ1) is 11.1. The first-order valence-electron chi connectivity index (χ1n) is 7.52. The molecule has 0 unspecified atom stereocenters. The van der Waals surface area contributed by atoms with Gasteiger partial charge in [-0.2, -0.15) is 0 Å². The molecule has 0 bridgehead atoms. The van der Waals surface area contributed by atoms with E-state index in [4.69, 9.17) is 5.11 Å². The first-order valence-corrected chi connectivity index (χ1v) is 7.52. The van der Waals surface area contributed by atoms with Gasteiger partial charge >= 0.3 is 0 Å². The van der Waals surface area contributed by atoms with Crippen LogP contribution in [-0.4, -0.2) is 29.7 Å². The third-order valence-corrected chi connectivity index (χ3v) is 3.58. The van der Waals surface area contributed by atoms with Crippen molar-refractivity contribution in [3.05, 3.63) is 69.8 Å². The van der Waals surface area contributed by atoms with Crippen molar-refractivity contribution in [2.24, 2.45) is 0 Å². The van der Waals surface area contributed by atoms with Gasteiger partial charge in [0.1, 0.15) is 0 Å². The maximum Gasteiger partial charge on any atom is 0.269 e. The predicted octanol–water partition coefficient (Wildman–Crippen LogP) is 3.58. The Morgan fingerprint density at radius 2 is 1.57 bits per heavy atom. The van der Waals surface area contributed by atoms with Gasteiger partial charge in [0.05, 0.1) is 11.5 Å². The van der Waals surface area contributed by atoms with E-state index in [0.717, 1.165) is 23.4 Å². The van der Waals surface area contributed by atoms with E-state index >= 15 is 0 Å². The highest BCUT2D eigenvalue weighted by atomic mass is 16.6. The molecular formula is C18H20N2O3. The number of hydrogen-bond acceptors (Lipinski definition) is 4. The van der Waals surface area contributed by atoms with Crippen LogP contribution in [0.4, 0.5) is 11.4 Å². The summed E-state index contributed by atoms with van der Waals surface area (Å²) in [6, 6.07) is 14.5. The van der Waals surface area contributed by atoms with E-state index in [1.54, 1.807) is 12.1 Å². The van der Waals surface area contributed by atoms with Crippen molar-refractivity contribution in [3.63, 3.8) is 0 Å². The van der Waals surface area contributed by atoms with Crippen LogP contribution in [0.25, 0.3) is 12.2 Å². The molecule has 0 aromatic heterocycles. The molecule has 120 valence electrons. The van der Waals surface area contributed by atoms with E-state index in [1.165, 1.54) is 12.1 Å². The van der Waals surface area contributed by atoms with Crippen molar-refractivity contribution in [1.29, 1.82) is 0 Å². The first kappa shape index (κ1) is 16.7. The summed E-state index contributed by atoms with van der Waals surface area (Å²) in [5.74, 6) is 0. The van der Waals surface area contributed by atoms with E-state index in [1.807, 2.05) is 36.4 Å². The van der Waals surface area contributed by atoms with Crippen LogP contribution in [-0.2, 0) is 0 Å². The molecule has 0 aliphatic rings. The van der Waals surface area contributed by atoms with Gasteiger partial charge in [0.15, 0.2) is 0 Å². The summed E-state index contributed by atoms with van der Waals surface area (Å²) < 4.78 is 0. The highest BCUT2D eigenvalue weighted by Gasteiger charge is 2.03. The Labute approximate surface area is 135 Å². The van der Waals surface area contributed by atoms with Gasteiger partial charge in [0.2, 0.25) is 0 Å². The third kappa shape index (κ3) is 4.66. The van der Waals surface area contributed by atoms with Crippen molar-refractivity contribution in [1.82, 2.24) is 0 Å². The number of anilines is 1. The lowest BCUT2D eigenvalue weighted by Crippen LogP contribution is -2.25. The summed E-state index contributed by atoms with van der Waals surface area (Å²) in [6.07, 6.45) is 3.89. The summed E-state index contributed by atoms with van der Waals surface area (Å²) in [7, 11) is 0. The molecule has 0 radical (unpaired) electrons. The highest BCUT2D eigenvalue weighted by Crippen LogP contribution is 2.17. The van der Waals surface area contributed by atoms with Crippen LogP contribution in [0.3, 0.4) is 0 Å². The molecule has 0 amide bonds. The van der Waals surface area contributed by atoms with Crippen molar-refractivity contribution >= 4 is 23.5 Å². The second kappa shape index (κ2) is 8.10. The summed E-state index contributed by atoms with van der Waals surface area (Å²) in [4.78, 5) is 12.3. The quantitative estimate of drug-likeness (QED) is 0.482. The van der Waals surface area contributed by atoms with Crippen LogP contribution in [0.1, 0.15) is 18.1 Å². The Kier molecular flexibility index (Phi) is 5.88. The number of aliphatic hydroxyl groups excluding tert-OH is 1. The summed E-state index contributed by atoms with van der Waals surface area (Å²) in [5.41, 5.74) is 3.13.